The molecule has 15 heavy (non-hydrogen) atoms. The molecule has 0 rings (SSSR count). The van der Waals surface area contributed by atoms with Crippen LogP contribution in [-0.4, -0.2) is 50.4 Å². The van der Waals surface area contributed by atoms with Crippen LogP contribution < -0.4 is 11.5 Å². The fourth-order valence-electron chi connectivity index (χ4n) is 1.28. The normalized spacial score (nSPS) is 11.6. The van der Waals surface area contributed by atoms with Crippen molar-refractivity contribution in [2.75, 3.05) is 40.3 Å². The Morgan fingerprint density at radius 3 is 1.53 bits per heavy atom. The van der Waals surface area contributed by atoms with Gasteiger partial charge in [0.1, 0.15) is 0 Å². The van der Waals surface area contributed by atoms with Crippen molar-refractivity contribution in [3.05, 3.63) is 0 Å². The molecule has 0 aromatic rings. The first kappa shape index (κ1) is 14.8. The highest BCUT2D eigenvalue weighted by Gasteiger charge is 2.03. The van der Waals surface area contributed by atoms with E-state index >= 15 is 0 Å². The summed E-state index contributed by atoms with van der Waals surface area (Å²) >= 11 is 0. The Hall–Kier alpha value is -0.200. The van der Waals surface area contributed by atoms with Crippen molar-refractivity contribution in [3.8, 4) is 0 Å². The Labute approximate surface area is 93.2 Å². The van der Waals surface area contributed by atoms with Crippen molar-refractivity contribution >= 4 is 0 Å². The molecule has 0 aromatic heterocycles. The van der Waals surface area contributed by atoms with E-state index in [4.69, 9.17) is 16.4 Å². The van der Waals surface area contributed by atoms with Gasteiger partial charge in [0.25, 0.3) is 0 Å². The van der Waals surface area contributed by atoms with Crippen LogP contribution in [0.25, 0.3) is 0 Å². The highest BCUT2D eigenvalue weighted by atomic mass is 16.8. The number of unbranched alkanes of at least 4 members (excludes halogenated alkanes) is 2. The number of hydrogen-bond acceptors (Lipinski definition) is 5. The predicted octanol–water partition coefficient (Wildman–Crippen LogP) is 0.174. The van der Waals surface area contributed by atoms with Crippen LogP contribution in [0.3, 0.4) is 0 Å². The van der Waals surface area contributed by atoms with Gasteiger partial charge in [-0.25, -0.2) is 4.94 Å². The van der Waals surface area contributed by atoms with Crippen molar-refractivity contribution in [3.63, 3.8) is 0 Å². The maximum Gasteiger partial charge on any atom is 0.0257 e. The third kappa shape index (κ3) is 10.1. The molecule has 0 amide bonds. The molecule has 0 aliphatic rings. The molecule has 0 aliphatic carbocycles. The highest BCUT2D eigenvalue weighted by molar-refractivity contribution is 4.44. The molecule has 92 valence electrons. The summed E-state index contributed by atoms with van der Waals surface area (Å²) in [6.45, 7) is 3.33. The van der Waals surface area contributed by atoms with Crippen molar-refractivity contribution in [2.24, 2.45) is 11.5 Å². The summed E-state index contributed by atoms with van der Waals surface area (Å²) in [5, 5.41) is 3.69. The van der Waals surface area contributed by atoms with E-state index < -0.39 is 0 Å². The largest absolute Gasteiger partial charge is 0.330 e. The van der Waals surface area contributed by atoms with E-state index in [9.17, 15) is 0 Å². The Balaban J connectivity index is 3.35. The first-order valence-corrected chi connectivity index (χ1v) is 5.71. The lowest BCUT2D eigenvalue weighted by atomic mass is 10.3. The second-order valence-electron chi connectivity index (χ2n) is 3.78. The van der Waals surface area contributed by atoms with E-state index in [1.54, 1.807) is 0 Å². The van der Waals surface area contributed by atoms with E-state index in [1.807, 2.05) is 24.2 Å². The summed E-state index contributed by atoms with van der Waals surface area (Å²) in [6, 6.07) is 0. The van der Waals surface area contributed by atoms with Crippen LogP contribution in [0.4, 0.5) is 0 Å². The van der Waals surface area contributed by atoms with Gasteiger partial charge >= 0.3 is 0 Å². The van der Waals surface area contributed by atoms with E-state index in [2.05, 4.69) is 0 Å². The van der Waals surface area contributed by atoms with Gasteiger partial charge in [-0.15, -0.1) is 0 Å². The zero-order chi connectivity index (χ0) is 11.5. The standard InChI is InChI=1S/C10H26N4O/c1-13(9-5-3-7-11)15-14(2)10-6-4-8-12/h3-12H2,1-2H3. The lowest BCUT2D eigenvalue weighted by molar-refractivity contribution is -0.304. The van der Waals surface area contributed by atoms with E-state index in [1.165, 1.54) is 0 Å². The van der Waals surface area contributed by atoms with Crippen LogP contribution in [0.1, 0.15) is 25.7 Å². The molecule has 0 unspecified atom stereocenters. The van der Waals surface area contributed by atoms with E-state index in [0.29, 0.717) is 0 Å². The van der Waals surface area contributed by atoms with Gasteiger partial charge in [0.2, 0.25) is 0 Å². The molecule has 5 nitrogen and oxygen atoms in total. The van der Waals surface area contributed by atoms with E-state index in [-0.39, 0.29) is 0 Å². The van der Waals surface area contributed by atoms with E-state index in [0.717, 1.165) is 51.9 Å². The van der Waals surface area contributed by atoms with Crippen molar-refractivity contribution in [2.45, 2.75) is 25.7 Å². The minimum absolute atomic E-state index is 0.750. The minimum Gasteiger partial charge on any atom is -0.330 e. The molecular weight excluding hydrogens is 192 g/mol. The van der Waals surface area contributed by atoms with Gasteiger partial charge in [0.05, 0.1) is 0 Å². The molecule has 0 fully saturated rings. The van der Waals surface area contributed by atoms with Crippen molar-refractivity contribution < 1.29 is 4.94 Å². The third-order valence-corrected chi connectivity index (χ3v) is 2.13. The highest BCUT2D eigenvalue weighted by Crippen LogP contribution is 1.97. The molecule has 0 spiro atoms. The summed E-state index contributed by atoms with van der Waals surface area (Å²) < 4.78 is 0. The number of nitrogens with zero attached hydrogens (tertiary/aromatic N) is 2. The Morgan fingerprint density at radius 1 is 0.800 bits per heavy atom. The van der Waals surface area contributed by atoms with Gasteiger partial charge in [-0.2, -0.15) is 10.1 Å². The summed E-state index contributed by atoms with van der Waals surface area (Å²) in [5.41, 5.74) is 10.8. The molecule has 0 atom stereocenters. The average molecular weight is 218 g/mol. The zero-order valence-electron chi connectivity index (χ0n) is 10.1. The maximum absolute atomic E-state index is 5.53. The van der Waals surface area contributed by atoms with Gasteiger partial charge in [0, 0.05) is 27.2 Å². The second kappa shape index (κ2) is 10.3. The van der Waals surface area contributed by atoms with Gasteiger partial charge in [0.15, 0.2) is 0 Å². The van der Waals surface area contributed by atoms with Crippen LogP contribution in [0.2, 0.25) is 0 Å². The molecule has 0 saturated heterocycles. The topological polar surface area (TPSA) is 67.8 Å². The first-order valence-electron chi connectivity index (χ1n) is 5.71. The third-order valence-electron chi connectivity index (χ3n) is 2.13. The van der Waals surface area contributed by atoms with Crippen LogP contribution >= 0.6 is 0 Å². The number of hydrogen-bond donors (Lipinski definition) is 2. The molecule has 0 aromatic carbocycles. The summed E-state index contributed by atoms with van der Waals surface area (Å²) in [4.78, 5) is 5.53. The summed E-state index contributed by atoms with van der Waals surface area (Å²) in [5.74, 6) is 0. The Bertz CT molecular complexity index is 121. The molecule has 5 heteroatoms. The number of hydroxylamine groups is 4. The summed E-state index contributed by atoms with van der Waals surface area (Å²) in [7, 11) is 3.88. The molecule has 0 radical (unpaired) electrons. The molecule has 0 bridgehead atoms. The zero-order valence-corrected chi connectivity index (χ0v) is 10.1. The predicted molar refractivity (Wildman–Crippen MR) is 62.9 cm³/mol. The van der Waals surface area contributed by atoms with Crippen molar-refractivity contribution in [1.29, 1.82) is 0 Å². The second-order valence-corrected chi connectivity index (χ2v) is 3.78. The van der Waals surface area contributed by atoms with Crippen LogP contribution in [-0.2, 0) is 4.94 Å². The SMILES string of the molecule is CN(CCCCN)ON(C)CCCCN. The lowest BCUT2D eigenvalue weighted by Crippen LogP contribution is -2.31. The Morgan fingerprint density at radius 2 is 1.20 bits per heavy atom. The quantitative estimate of drug-likeness (QED) is 0.404. The Kier molecular flexibility index (Phi) is 10.2. The smallest absolute Gasteiger partial charge is 0.0257 e. The maximum atomic E-state index is 5.53. The molecule has 4 N–H and O–H groups in total. The van der Waals surface area contributed by atoms with Gasteiger partial charge < -0.3 is 11.5 Å². The molecule has 0 saturated carbocycles. The average Bonchev–Trinajstić information content (AvgIpc) is 2.18. The van der Waals surface area contributed by atoms with Crippen molar-refractivity contribution in [1.82, 2.24) is 10.1 Å². The first-order chi connectivity index (χ1) is 7.20. The monoisotopic (exact) mass is 218 g/mol. The summed E-state index contributed by atoms with van der Waals surface area (Å²) in [6.07, 6.45) is 4.24. The fourth-order valence-corrected chi connectivity index (χ4v) is 1.28. The molecule has 0 heterocycles. The van der Waals surface area contributed by atoms with Crippen LogP contribution in [0, 0.1) is 0 Å². The lowest BCUT2D eigenvalue weighted by Gasteiger charge is -2.23. The number of nitrogens with two attached hydrogens (primary N) is 2. The van der Waals surface area contributed by atoms with Gasteiger partial charge in [-0.1, -0.05) is 0 Å². The fraction of sp³-hybridized carbons (Fsp3) is 1.00. The van der Waals surface area contributed by atoms with Gasteiger partial charge in [-0.3, -0.25) is 0 Å². The van der Waals surface area contributed by atoms with Gasteiger partial charge in [-0.05, 0) is 38.8 Å². The molecular formula is C10H26N4O. The molecule has 0 aliphatic heterocycles. The van der Waals surface area contributed by atoms with Crippen LogP contribution in [0.15, 0.2) is 0 Å². The van der Waals surface area contributed by atoms with Crippen LogP contribution in [0.5, 0.6) is 0 Å². The minimum atomic E-state index is 0.750. The number of rotatable bonds is 10.